The molecular formula is C20H26Cl2N2O4S. The van der Waals surface area contributed by atoms with Crippen LogP contribution in [0.4, 0.5) is 0 Å². The first-order valence-corrected chi connectivity index (χ1v) is 11.4. The highest BCUT2D eigenvalue weighted by molar-refractivity contribution is 7.89. The van der Waals surface area contributed by atoms with Gasteiger partial charge in [0, 0.05) is 24.2 Å². The van der Waals surface area contributed by atoms with Gasteiger partial charge in [-0.15, -0.1) is 0 Å². The van der Waals surface area contributed by atoms with Crippen molar-refractivity contribution in [3.63, 3.8) is 0 Å². The molecule has 0 saturated carbocycles. The van der Waals surface area contributed by atoms with Gasteiger partial charge in [0.25, 0.3) is 0 Å². The topological polar surface area (TPSA) is 104 Å². The lowest BCUT2D eigenvalue weighted by molar-refractivity contribution is 0.116. The fraction of sp³-hybridized carbons (Fsp3) is 0.400. The van der Waals surface area contributed by atoms with E-state index in [2.05, 4.69) is 0 Å². The number of hydrogen-bond donors (Lipinski definition) is 3. The van der Waals surface area contributed by atoms with Crippen molar-refractivity contribution < 1.29 is 18.6 Å². The number of phenolic OH excluding ortho intramolecular Hbond substituents is 1. The lowest BCUT2D eigenvalue weighted by Crippen LogP contribution is -2.47. The molecule has 0 radical (unpaired) electrons. The molecule has 0 heterocycles. The van der Waals surface area contributed by atoms with Gasteiger partial charge < -0.3 is 15.9 Å². The van der Waals surface area contributed by atoms with Crippen LogP contribution in [0.5, 0.6) is 5.75 Å². The number of benzene rings is 2. The van der Waals surface area contributed by atoms with Crippen LogP contribution >= 0.6 is 23.2 Å². The number of aliphatic hydroxyl groups is 1. The maximum absolute atomic E-state index is 13.2. The minimum Gasteiger partial charge on any atom is -0.505 e. The lowest BCUT2D eigenvalue weighted by atomic mass is 10.0. The summed E-state index contributed by atoms with van der Waals surface area (Å²) < 4.78 is 27.5. The SMILES string of the molecule is CC(C)CN(CC(O)C(N)Cc1ccccc1)S(=O)(=O)c1cc(Cl)cc(Cl)c1O. The first-order chi connectivity index (χ1) is 13.5. The molecular weight excluding hydrogens is 435 g/mol. The molecule has 160 valence electrons. The quantitative estimate of drug-likeness (QED) is 0.532. The Morgan fingerprint density at radius 2 is 1.72 bits per heavy atom. The average Bonchev–Trinajstić information content (AvgIpc) is 2.64. The van der Waals surface area contributed by atoms with Gasteiger partial charge in [-0.25, -0.2) is 8.42 Å². The molecule has 0 aromatic heterocycles. The molecule has 0 aliphatic carbocycles. The average molecular weight is 461 g/mol. The number of aromatic hydroxyl groups is 1. The van der Waals surface area contributed by atoms with Crippen LogP contribution in [0.15, 0.2) is 47.4 Å². The van der Waals surface area contributed by atoms with Gasteiger partial charge in [0.15, 0.2) is 5.75 Å². The number of phenols is 1. The zero-order valence-electron chi connectivity index (χ0n) is 16.3. The molecule has 6 nitrogen and oxygen atoms in total. The van der Waals surface area contributed by atoms with E-state index in [-0.39, 0.29) is 29.1 Å². The minimum atomic E-state index is -4.17. The van der Waals surface area contributed by atoms with Gasteiger partial charge in [0.1, 0.15) is 4.90 Å². The second kappa shape index (κ2) is 10.1. The number of rotatable bonds is 9. The third-order valence-corrected chi connectivity index (χ3v) is 6.73. The Bertz CT molecular complexity index is 924. The van der Waals surface area contributed by atoms with Crippen molar-refractivity contribution in [1.82, 2.24) is 4.31 Å². The number of sulfonamides is 1. The molecule has 9 heteroatoms. The molecule has 2 aromatic rings. The largest absolute Gasteiger partial charge is 0.505 e. The van der Waals surface area contributed by atoms with Crippen LogP contribution in [-0.2, 0) is 16.4 Å². The summed E-state index contributed by atoms with van der Waals surface area (Å²) in [7, 11) is -4.17. The number of nitrogens with two attached hydrogens (primary N) is 1. The molecule has 0 bridgehead atoms. The van der Waals surface area contributed by atoms with E-state index in [1.54, 1.807) is 0 Å². The van der Waals surface area contributed by atoms with Gasteiger partial charge >= 0.3 is 0 Å². The standard InChI is InChI=1S/C20H26Cl2N2O4S/c1-13(2)11-24(12-18(25)17(23)8-14-6-4-3-5-7-14)29(27,28)19-10-15(21)9-16(22)20(19)26/h3-7,9-10,13,17-18,25-26H,8,11-12,23H2,1-2H3. The van der Waals surface area contributed by atoms with Crippen LogP contribution in [0.3, 0.4) is 0 Å². The maximum Gasteiger partial charge on any atom is 0.246 e. The summed E-state index contributed by atoms with van der Waals surface area (Å²) >= 11 is 11.8. The molecule has 0 spiro atoms. The summed E-state index contributed by atoms with van der Waals surface area (Å²) in [5.41, 5.74) is 7.07. The van der Waals surface area contributed by atoms with E-state index in [1.807, 2.05) is 44.2 Å². The third-order valence-electron chi connectivity index (χ3n) is 4.38. The van der Waals surface area contributed by atoms with E-state index in [1.165, 1.54) is 6.07 Å². The zero-order chi connectivity index (χ0) is 21.8. The Labute approximate surface area is 181 Å². The van der Waals surface area contributed by atoms with Gasteiger partial charge in [0.2, 0.25) is 10.0 Å². The first-order valence-electron chi connectivity index (χ1n) is 9.18. The third kappa shape index (κ3) is 6.31. The van der Waals surface area contributed by atoms with Gasteiger partial charge in [-0.05, 0) is 30.0 Å². The van der Waals surface area contributed by atoms with Crippen molar-refractivity contribution in [3.8, 4) is 5.75 Å². The van der Waals surface area contributed by atoms with Gasteiger partial charge in [0.05, 0.1) is 11.1 Å². The van der Waals surface area contributed by atoms with Crippen molar-refractivity contribution in [2.45, 2.75) is 37.3 Å². The Hall–Kier alpha value is -1.35. The second-order valence-corrected chi connectivity index (χ2v) is 10.1. The molecule has 2 atom stereocenters. The van der Waals surface area contributed by atoms with E-state index in [0.717, 1.165) is 15.9 Å². The number of hydrogen-bond acceptors (Lipinski definition) is 5. The van der Waals surface area contributed by atoms with E-state index < -0.39 is 32.8 Å². The molecule has 2 aromatic carbocycles. The Balaban J connectivity index is 2.28. The van der Waals surface area contributed by atoms with Crippen molar-refractivity contribution in [1.29, 1.82) is 0 Å². The highest BCUT2D eigenvalue weighted by Gasteiger charge is 2.32. The predicted molar refractivity (Wildman–Crippen MR) is 116 cm³/mol. The molecule has 4 N–H and O–H groups in total. The van der Waals surface area contributed by atoms with Crippen LogP contribution in [-0.4, -0.2) is 48.2 Å². The summed E-state index contributed by atoms with van der Waals surface area (Å²) in [6, 6.07) is 11.1. The van der Waals surface area contributed by atoms with Gasteiger partial charge in [-0.2, -0.15) is 4.31 Å². The minimum absolute atomic E-state index is 0.0286. The van der Waals surface area contributed by atoms with E-state index in [9.17, 15) is 18.6 Å². The molecule has 0 aliphatic heterocycles. The maximum atomic E-state index is 13.2. The van der Waals surface area contributed by atoms with Crippen molar-refractivity contribution in [2.75, 3.05) is 13.1 Å². The monoisotopic (exact) mass is 460 g/mol. The predicted octanol–water partition coefficient (Wildman–Crippen LogP) is 3.28. The van der Waals surface area contributed by atoms with Crippen molar-refractivity contribution in [2.24, 2.45) is 11.7 Å². The Morgan fingerprint density at radius 3 is 2.31 bits per heavy atom. The molecule has 29 heavy (non-hydrogen) atoms. The van der Waals surface area contributed by atoms with E-state index >= 15 is 0 Å². The highest BCUT2D eigenvalue weighted by atomic mass is 35.5. The summed E-state index contributed by atoms with van der Waals surface area (Å²) in [5.74, 6) is -0.605. The normalized spacial score (nSPS) is 14.3. The zero-order valence-corrected chi connectivity index (χ0v) is 18.6. The van der Waals surface area contributed by atoms with Crippen molar-refractivity contribution in [3.05, 3.63) is 58.1 Å². The van der Waals surface area contributed by atoms with Crippen LogP contribution in [0.2, 0.25) is 10.0 Å². The fourth-order valence-corrected chi connectivity index (χ4v) is 5.29. The van der Waals surface area contributed by atoms with Crippen LogP contribution in [0, 0.1) is 5.92 Å². The van der Waals surface area contributed by atoms with E-state index in [0.29, 0.717) is 6.42 Å². The fourth-order valence-electron chi connectivity index (χ4n) is 2.92. The molecule has 0 fully saturated rings. The summed E-state index contributed by atoms with van der Waals surface area (Å²) in [5, 5.41) is 20.7. The number of nitrogens with zero attached hydrogens (tertiary/aromatic N) is 1. The number of aliphatic hydroxyl groups excluding tert-OH is 1. The van der Waals surface area contributed by atoms with Gasteiger partial charge in [-0.1, -0.05) is 67.4 Å². The highest BCUT2D eigenvalue weighted by Crippen LogP contribution is 2.36. The molecule has 0 amide bonds. The smallest absolute Gasteiger partial charge is 0.246 e. The summed E-state index contributed by atoms with van der Waals surface area (Å²) in [6.07, 6.45) is -0.716. The van der Waals surface area contributed by atoms with Crippen LogP contribution < -0.4 is 5.73 Å². The Morgan fingerprint density at radius 1 is 1.10 bits per heavy atom. The second-order valence-electron chi connectivity index (χ2n) is 7.37. The molecule has 2 unspecified atom stereocenters. The van der Waals surface area contributed by atoms with Crippen LogP contribution in [0.25, 0.3) is 0 Å². The number of halogens is 2. The van der Waals surface area contributed by atoms with Gasteiger partial charge in [-0.3, -0.25) is 0 Å². The Kier molecular flexibility index (Phi) is 8.34. The molecule has 0 saturated heterocycles. The molecule has 0 aliphatic rings. The molecule has 2 rings (SSSR count). The lowest BCUT2D eigenvalue weighted by Gasteiger charge is -2.29. The summed E-state index contributed by atoms with van der Waals surface area (Å²) in [6.45, 7) is 3.60. The first kappa shape index (κ1) is 23.9. The summed E-state index contributed by atoms with van der Waals surface area (Å²) in [4.78, 5) is -0.403. The van der Waals surface area contributed by atoms with Crippen molar-refractivity contribution >= 4 is 33.2 Å². The van der Waals surface area contributed by atoms with E-state index in [4.69, 9.17) is 28.9 Å². The van der Waals surface area contributed by atoms with Crippen LogP contribution in [0.1, 0.15) is 19.4 Å².